The minimum atomic E-state index is -4.39. The predicted molar refractivity (Wildman–Crippen MR) is 88.8 cm³/mol. The maximum absolute atomic E-state index is 13.3. The largest absolute Gasteiger partial charge is 0.495 e. The summed E-state index contributed by atoms with van der Waals surface area (Å²) in [6.45, 7) is 1.03. The summed E-state index contributed by atoms with van der Waals surface area (Å²) in [6, 6.07) is 5.33. The molecule has 1 unspecified atom stereocenters. The first-order valence-electron chi connectivity index (χ1n) is 8.07. The van der Waals surface area contributed by atoms with Gasteiger partial charge in [-0.05, 0) is 12.1 Å². The van der Waals surface area contributed by atoms with Crippen molar-refractivity contribution in [2.45, 2.75) is 12.2 Å². The van der Waals surface area contributed by atoms with Gasteiger partial charge in [0.15, 0.2) is 0 Å². The molecule has 6 nitrogen and oxygen atoms in total. The summed E-state index contributed by atoms with van der Waals surface area (Å²) >= 11 is 0. The highest BCUT2D eigenvalue weighted by Gasteiger charge is 2.43. The van der Waals surface area contributed by atoms with E-state index in [2.05, 4.69) is 16.0 Å². The predicted octanol–water partition coefficient (Wildman–Crippen LogP) is 1.06. The van der Waals surface area contributed by atoms with Gasteiger partial charge in [0.05, 0.1) is 19.3 Å². The summed E-state index contributed by atoms with van der Waals surface area (Å²) in [6.07, 6.45) is -4.39. The molecule has 0 bridgehead atoms. The fourth-order valence-corrected chi connectivity index (χ4v) is 2.68. The van der Waals surface area contributed by atoms with E-state index in [-0.39, 0.29) is 6.54 Å². The number of rotatable bonds is 7. The van der Waals surface area contributed by atoms with Crippen molar-refractivity contribution < 1.29 is 22.7 Å². The van der Waals surface area contributed by atoms with Crippen LogP contribution in [-0.2, 0) is 4.79 Å². The minimum absolute atomic E-state index is 0.132. The maximum Gasteiger partial charge on any atom is 0.405 e. The molecule has 0 saturated carbocycles. The molecule has 1 aliphatic heterocycles. The van der Waals surface area contributed by atoms with E-state index in [4.69, 9.17) is 4.74 Å². The number of amides is 1. The second-order valence-corrected chi connectivity index (χ2v) is 5.70. The van der Waals surface area contributed by atoms with Crippen LogP contribution in [0.25, 0.3) is 0 Å². The van der Waals surface area contributed by atoms with Crippen LogP contribution in [0.15, 0.2) is 24.3 Å². The fraction of sp³-hybridized carbons (Fsp3) is 0.562. The van der Waals surface area contributed by atoms with Gasteiger partial charge in [-0.15, -0.1) is 0 Å². The number of alkyl halides is 3. The number of anilines is 1. The zero-order chi connectivity index (χ0) is 18.3. The summed E-state index contributed by atoms with van der Waals surface area (Å²) in [5.74, 6) is 0.0552. The van der Waals surface area contributed by atoms with Gasteiger partial charge in [0, 0.05) is 32.7 Å². The van der Waals surface area contributed by atoms with Crippen LogP contribution in [0.1, 0.15) is 0 Å². The molecule has 1 heterocycles. The highest BCUT2D eigenvalue weighted by Crippen LogP contribution is 2.25. The molecule has 1 aromatic carbocycles. The van der Waals surface area contributed by atoms with Gasteiger partial charge in [-0.3, -0.25) is 9.69 Å². The van der Waals surface area contributed by atoms with E-state index in [0.717, 1.165) is 0 Å². The molecule has 1 amide bonds. The van der Waals surface area contributed by atoms with Gasteiger partial charge < -0.3 is 20.7 Å². The van der Waals surface area contributed by atoms with Crippen LogP contribution in [0.3, 0.4) is 0 Å². The first kappa shape index (κ1) is 19.3. The number of nitrogens with zero attached hydrogens (tertiary/aromatic N) is 1. The van der Waals surface area contributed by atoms with E-state index in [9.17, 15) is 18.0 Å². The van der Waals surface area contributed by atoms with Gasteiger partial charge in [-0.2, -0.15) is 13.2 Å². The van der Waals surface area contributed by atoms with Crippen molar-refractivity contribution in [1.29, 1.82) is 0 Å². The number of carbonyl (C=O) groups excluding carboxylic acids is 1. The normalized spacial score (nSPS) is 17.0. The Morgan fingerprint density at radius 1 is 1.32 bits per heavy atom. The minimum Gasteiger partial charge on any atom is -0.495 e. The lowest BCUT2D eigenvalue weighted by Crippen LogP contribution is -2.57. The van der Waals surface area contributed by atoms with Gasteiger partial charge in [0.1, 0.15) is 11.8 Å². The summed E-state index contributed by atoms with van der Waals surface area (Å²) in [5.41, 5.74) is 0.606. The molecule has 1 fully saturated rings. The van der Waals surface area contributed by atoms with E-state index in [1.54, 1.807) is 24.3 Å². The molecule has 25 heavy (non-hydrogen) atoms. The van der Waals surface area contributed by atoms with Crippen LogP contribution >= 0.6 is 0 Å². The Morgan fingerprint density at radius 2 is 2.00 bits per heavy atom. The average Bonchev–Trinajstić information content (AvgIpc) is 2.60. The van der Waals surface area contributed by atoms with Gasteiger partial charge in [-0.25, -0.2) is 0 Å². The van der Waals surface area contributed by atoms with Gasteiger partial charge in [0.2, 0.25) is 5.91 Å². The molecule has 1 aromatic rings. The van der Waals surface area contributed by atoms with E-state index in [0.29, 0.717) is 37.6 Å². The number of piperazine rings is 1. The van der Waals surface area contributed by atoms with Crippen LogP contribution in [0.4, 0.5) is 18.9 Å². The zero-order valence-electron chi connectivity index (χ0n) is 14.0. The standard InChI is InChI=1S/C16H23F3N4O2/c1-25-13-5-3-2-4-12(13)21-11-15(24)22-10-14(16(17,18)19)23-8-6-20-7-9-23/h2-5,14,20-21H,6-11H2,1H3,(H,22,24). The van der Waals surface area contributed by atoms with Crippen molar-refractivity contribution >= 4 is 11.6 Å². The molecule has 1 atom stereocenters. The van der Waals surface area contributed by atoms with Crippen LogP contribution in [0.2, 0.25) is 0 Å². The maximum atomic E-state index is 13.3. The molecule has 3 N–H and O–H groups in total. The topological polar surface area (TPSA) is 65.6 Å². The Balaban J connectivity index is 1.86. The first-order chi connectivity index (χ1) is 11.9. The van der Waals surface area contributed by atoms with Crippen molar-refractivity contribution in [1.82, 2.24) is 15.5 Å². The molecule has 1 aliphatic rings. The third-order valence-corrected chi connectivity index (χ3v) is 4.01. The molecular weight excluding hydrogens is 337 g/mol. The third kappa shape index (κ3) is 5.79. The van der Waals surface area contributed by atoms with Crippen molar-refractivity contribution in [3.8, 4) is 5.75 Å². The second kappa shape index (κ2) is 8.91. The number of carbonyl (C=O) groups is 1. The van der Waals surface area contributed by atoms with E-state index >= 15 is 0 Å². The number of ether oxygens (including phenoxy) is 1. The smallest absolute Gasteiger partial charge is 0.405 e. The Morgan fingerprint density at radius 3 is 2.64 bits per heavy atom. The fourth-order valence-electron chi connectivity index (χ4n) is 2.68. The number of nitrogens with one attached hydrogen (secondary N) is 3. The van der Waals surface area contributed by atoms with Crippen molar-refractivity contribution in [3.05, 3.63) is 24.3 Å². The average molecular weight is 360 g/mol. The number of hydrogen-bond donors (Lipinski definition) is 3. The molecule has 0 aromatic heterocycles. The quantitative estimate of drug-likeness (QED) is 0.679. The van der Waals surface area contributed by atoms with E-state index < -0.39 is 24.7 Å². The van der Waals surface area contributed by atoms with Crippen LogP contribution in [0, 0.1) is 0 Å². The number of para-hydroxylation sites is 2. The Labute approximate surface area is 144 Å². The monoisotopic (exact) mass is 360 g/mol. The molecule has 2 rings (SSSR count). The molecular formula is C16H23F3N4O2. The molecule has 0 spiro atoms. The number of hydrogen-bond acceptors (Lipinski definition) is 5. The van der Waals surface area contributed by atoms with Gasteiger partial charge in [-0.1, -0.05) is 12.1 Å². The third-order valence-electron chi connectivity index (χ3n) is 4.01. The summed E-state index contributed by atoms with van der Waals surface area (Å²) in [7, 11) is 1.50. The molecule has 0 aliphatic carbocycles. The molecule has 0 radical (unpaired) electrons. The SMILES string of the molecule is COc1ccccc1NCC(=O)NCC(N1CCNCC1)C(F)(F)F. The lowest BCUT2D eigenvalue weighted by molar-refractivity contribution is -0.183. The van der Waals surface area contributed by atoms with Gasteiger partial charge >= 0.3 is 6.18 Å². The van der Waals surface area contributed by atoms with Crippen LogP contribution in [0.5, 0.6) is 5.75 Å². The molecule has 9 heteroatoms. The van der Waals surface area contributed by atoms with Crippen LogP contribution in [-0.4, -0.2) is 69.4 Å². The lowest BCUT2D eigenvalue weighted by atomic mass is 10.2. The summed E-state index contributed by atoms with van der Waals surface area (Å²) < 4.78 is 44.9. The summed E-state index contributed by atoms with van der Waals surface area (Å²) in [5, 5.41) is 8.25. The van der Waals surface area contributed by atoms with Crippen LogP contribution < -0.4 is 20.7 Å². The zero-order valence-corrected chi connectivity index (χ0v) is 14.0. The first-order valence-corrected chi connectivity index (χ1v) is 8.07. The lowest BCUT2D eigenvalue weighted by Gasteiger charge is -2.35. The highest BCUT2D eigenvalue weighted by atomic mass is 19.4. The van der Waals surface area contributed by atoms with Gasteiger partial charge in [0.25, 0.3) is 0 Å². The van der Waals surface area contributed by atoms with Crippen molar-refractivity contribution in [2.75, 3.05) is 51.7 Å². The highest BCUT2D eigenvalue weighted by molar-refractivity contribution is 5.81. The summed E-state index contributed by atoms with van der Waals surface area (Å²) in [4.78, 5) is 13.3. The Hall–Kier alpha value is -2.00. The molecule has 140 valence electrons. The second-order valence-electron chi connectivity index (χ2n) is 5.70. The van der Waals surface area contributed by atoms with E-state index in [1.165, 1.54) is 12.0 Å². The van der Waals surface area contributed by atoms with Crippen molar-refractivity contribution in [2.24, 2.45) is 0 Å². The Bertz CT molecular complexity index is 563. The Kier molecular flexibility index (Phi) is 6.89. The number of benzene rings is 1. The van der Waals surface area contributed by atoms with Crippen molar-refractivity contribution in [3.63, 3.8) is 0 Å². The van der Waals surface area contributed by atoms with E-state index in [1.807, 2.05) is 0 Å². The number of halogens is 3. The molecule has 1 saturated heterocycles. The number of methoxy groups -OCH3 is 1.